The average Bonchev–Trinajstić information content (AvgIpc) is 2.70. The molecule has 0 saturated carbocycles. The zero-order valence-electron chi connectivity index (χ0n) is 11.4. The van der Waals surface area contributed by atoms with Crippen molar-refractivity contribution in [1.29, 1.82) is 0 Å². The monoisotopic (exact) mass is 276 g/mol. The second-order valence-electron chi connectivity index (χ2n) is 5.45. The molecule has 0 bridgehead atoms. The van der Waals surface area contributed by atoms with Crippen molar-refractivity contribution in [2.24, 2.45) is 5.92 Å². The highest BCUT2D eigenvalue weighted by Crippen LogP contribution is 2.35. The zero-order chi connectivity index (χ0) is 14.0. The smallest absolute Gasteiger partial charge is 0.310 e. The summed E-state index contributed by atoms with van der Waals surface area (Å²) in [7, 11) is -0.653. The minimum absolute atomic E-state index is 0.130. The predicted octanol–water partition coefficient (Wildman–Crippen LogP) is 0.909. The number of carboxylic acid groups (broad SMARTS) is 1. The van der Waals surface area contributed by atoms with Gasteiger partial charge in [0.05, 0.1) is 22.0 Å². The van der Waals surface area contributed by atoms with Crippen molar-refractivity contribution >= 4 is 20.7 Å². The van der Waals surface area contributed by atoms with Crippen LogP contribution in [-0.2, 0) is 4.79 Å². The van der Waals surface area contributed by atoms with Crippen molar-refractivity contribution in [2.45, 2.75) is 25.8 Å². The first kappa shape index (κ1) is 14.0. The van der Waals surface area contributed by atoms with Crippen molar-refractivity contribution in [3.63, 3.8) is 0 Å². The van der Waals surface area contributed by atoms with Gasteiger partial charge in [0.25, 0.3) is 0 Å². The Kier molecular flexibility index (Phi) is 4.22. The minimum atomic E-state index is -0.792. The number of carboxylic acids is 1. The van der Waals surface area contributed by atoms with Crippen LogP contribution in [0.3, 0.4) is 0 Å². The van der Waals surface area contributed by atoms with E-state index in [1.807, 2.05) is 6.08 Å². The Hall–Kier alpha value is -1.39. The molecule has 1 aliphatic carbocycles. The summed E-state index contributed by atoms with van der Waals surface area (Å²) < 4.78 is 0. The van der Waals surface area contributed by atoms with Gasteiger partial charge in [-0.2, -0.15) is 0 Å². The van der Waals surface area contributed by atoms with Crippen LogP contribution < -0.4 is 5.19 Å². The number of aryl methyl sites for hydroxylation is 2. The maximum absolute atomic E-state index is 11.4. The molecule has 1 aromatic carbocycles. The van der Waals surface area contributed by atoms with Crippen LogP contribution in [0.5, 0.6) is 0 Å². The maximum Gasteiger partial charge on any atom is 0.310 e. The first-order valence-electron chi connectivity index (χ1n) is 6.61. The molecule has 0 amide bonds. The van der Waals surface area contributed by atoms with Gasteiger partial charge in [0, 0.05) is 0 Å². The topological polar surface area (TPSA) is 57.5 Å². The molecular formula is C15H20O3Si. The highest BCUT2D eigenvalue weighted by atomic mass is 28.2. The number of benzene rings is 1. The summed E-state index contributed by atoms with van der Waals surface area (Å²) in [5.41, 5.74) is 3.36. The van der Waals surface area contributed by atoms with Crippen LogP contribution >= 0.6 is 0 Å². The lowest BCUT2D eigenvalue weighted by Gasteiger charge is -2.18. The minimum Gasteiger partial charge on any atom is -0.481 e. The van der Waals surface area contributed by atoms with Crippen molar-refractivity contribution in [3.05, 3.63) is 41.0 Å². The van der Waals surface area contributed by atoms with E-state index in [0.29, 0.717) is 5.57 Å². The van der Waals surface area contributed by atoms with Gasteiger partial charge in [-0.15, -0.1) is 0 Å². The van der Waals surface area contributed by atoms with E-state index in [1.165, 1.54) is 16.3 Å². The number of aliphatic hydroxyl groups excluding tert-OH is 1. The van der Waals surface area contributed by atoms with Gasteiger partial charge in [0.1, 0.15) is 0 Å². The van der Waals surface area contributed by atoms with E-state index in [9.17, 15) is 15.0 Å². The molecule has 0 heterocycles. The molecule has 1 aliphatic rings. The molecule has 3 nitrogen and oxygen atoms in total. The second-order valence-corrected chi connectivity index (χ2v) is 7.72. The molecule has 0 aromatic heterocycles. The number of carbonyl (C=O) groups is 1. The van der Waals surface area contributed by atoms with E-state index in [0.717, 1.165) is 6.42 Å². The third kappa shape index (κ3) is 3.14. The van der Waals surface area contributed by atoms with Gasteiger partial charge in [0.2, 0.25) is 0 Å². The lowest BCUT2D eigenvalue weighted by Crippen LogP contribution is -2.28. The van der Waals surface area contributed by atoms with E-state index in [1.54, 1.807) is 0 Å². The van der Waals surface area contributed by atoms with Gasteiger partial charge >= 0.3 is 5.97 Å². The van der Waals surface area contributed by atoms with E-state index in [2.05, 4.69) is 32.0 Å². The van der Waals surface area contributed by atoms with Crippen molar-refractivity contribution in [1.82, 2.24) is 0 Å². The normalized spacial score (nSPS) is 23.0. The molecule has 2 N–H and O–H groups in total. The number of allylic oxidation sites excluding steroid dienone is 1. The van der Waals surface area contributed by atoms with E-state index >= 15 is 0 Å². The largest absolute Gasteiger partial charge is 0.481 e. The Morgan fingerprint density at radius 2 is 1.95 bits per heavy atom. The lowest BCUT2D eigenvalue weighted by atomic mass is 10.0. The summed E-state index contributed by atoms with van der Waals surface area (Å²) in [4.78, 5) is 11.4. The van der Waals surface area contributed by atoms with Crippen LogP contribution in [0.2, 0.25) is 5.54 Å². The molecule has 1 aromatic rings. The quantitative estimate of drug-likeness (QED) is 0.635. The summed E-state index contributed by atoms with van der Waals surface area (Å²) in [6, 6.07) is 6.49. The summed E-state index contributed by atoms with van der Waals surface area (Å²) >= 11 is 0. The van der Waals surface area contributed by atoms with E-state index < -0.39 is 21.4 Å². The summed E-state index contributed by atoms with van der Waals surface area (Å²) in [6.07, 6.45) is 2.71. The van der Waals surface area contributed by atoms with Crippen LogP contribution in [0.4, 0.5) is 0 Å². The molecule has 102 valence electrons. The fraction of sp³-hybridized carbons (Fsp3) is 0.400. The molecule has 2 atom stereocenters. The fourth-order valence-corrected chi connectivity index (χ4v) is 5.64. The lowest BCUT2D eigenvalue weighted by molar-refractivity contribution is -0.140. The van der Waals surface area contributed by atoms with Gasteiger partial charge in [-0.05, 0) is 31.4 Å². The number of aliphatic hydroxyl groups is 1. The molecule has 0 aliphatic heterocycles. The molecule has 19 heavy (non-hydrogen) atoms. The Morgan fingerprint density at radius 3 is 2.47 bits per heavy atom. The van der Waals surface area contributed by atoms with Crippen molar-refractivity contribution in [3.8, 4) is 0 Å². The van der Waals surface area contributed by atoms with Crippen molar-refractivity contribution in [2.75, 3.05) is 6.61 Å². The van der Waals surface area contributed by atoms with Gasteiger partial charge in [0.15, 0.2) is 0 Å². The molecule has 2 unspecified atom stereocenters. The third-order valence-corrected chi connectivity index (χ3v) is 5.99. The van der Waals surface area contributed by atoms with E-state index in [4.69, 9.17) is 0 Å². The zero-order valence-corrected chi connectivity index (χ0v) is 12.8. The van der Waals surface area contributed by atoms with Crippen molar-refractivity contribution < 1.29 is 15.0 Å². The highest BCUT2D eigenvalue weighted by molar-refractivity contribution is 6.55. The van der Waals surface area contributed by atoms with Crippen LogP contribution in [0.25, 0.3) is 0 Å². The molecular weight excluding hydrogens is 256 g/mol. The number of rotatable bonds is 4. The predicted molar refractivity (Wildman–Crippen MR) is 78.8 cm³/mol. The first-order chi connectivity index (χ1) is 9.01. The Labute approximate surface area is 115 Å². The van der Waals surface area contributed by atoms with Gasteiger partial charge < -0.3 is 10.2 Å². The number of aliphatic carboxylic acids is 1. The Balaban J connectivity index is 2.17. The number of hydrogen-bond donors (Lipinski definition) is 2. The summed E-state index contributed by atoms with van der Waals surface area (Å²) in [5, 5.41) is 19.9. The highest BCUT2D eigenvalue weighted by Gasteiger charge is 2.35. The molecule has 4 heteroatoms. The molecule has 0 saturated heterocycles. The van der Waals surface area contributed by atoms with Gasteiger partial charge in [-0.25, -0.2) is 0 Å². The van der Waals surface area contributed by atoms with Crippen LogP contribution in [0.15, 0.2) is 29.8 Å². The summed E-state index contributed by atoms with van der Waals surface area (Å²) in [5.74, 6) is -1.27. The van der Waals surface area contributed by atoms with Crippen LogP contribution in [0, 0.1) is 19.8 Å². The van der Waals surface area contributed by atoms with Gasteiger partial charge in [-0.1, -0.05) is 40.6 Å². The van der Waals surface area contributed by atoms with Gasteiger partial charge in [-0.3, -0.25) is 4.79 Å². The Morgan fingerprint density at radius 1 is 1.32 bits per heavy atom. The molecule has 0 fully saturated rings. The maximum atomic E-state index is 11.4. The molecule has 0 spiro atoms. The van der Waals surface area contributed by atoms with Crippen LogP contribution in [-0.4, -0.2) is 32.3 Å². The molecule has 0 radical (unpaired) electrons. The Bertz CT molecular complexity index is 502. The summed E-state index contributed by atoms with van der Waals surface area (Å²) in [6.45, 7) is 4.02. The second kappa shape index (κ2) is 5.71. The standard InChI is InChI=1S/C15H20O3Si/c1-9-5-10(2)7-12(6-9)19-13-4-3-11(8-16)14(13)15(17)18/h3,5-7,13-14,16H,4,8,19H2,1-2H3,(H,17,18). The van der Waals surface area contributed by atoms with Crippen LogP contribution in [0.1, 0.15) is 17.5 Å². The molecule has 2 rings (SSSR count). The average molecular weight is 276 g/mol. The fourth-order valence-electron chi connectivity index (χ4n) is 3.08. The third-order valence-electron chi connectivity index (χ3n) is 3.78. The van der Waals surface area contributed by atoms with E-state index in [-0.39, 0.29) is 12.1 Å². The first-order valence-corrected chi connectivity index (χ1v) is 8.13. The number of hydrogen-bond acceptors (Lipinski definition) is 2. The SMILES string of the molecule is Cc1cc(C)cc([SiH2]C2CC=C(CO)C2C(=O)O)c1.